The molecule has 0 atom stereocenters. The molecule has 0 bridgehead atoms. The number of hydrogen-bond acceptors (Lipinski definition) is 9. The van der Waals surface area contributed by atoms with Gasteiger partial charge in [-0.2, -0.15) is 0 Å². The summed E-state index contributed by atoms with van der Waals surface area (Å²) in [6.45, 7) is 1.74. The zero-order chi connectivity index (χ0) is 16.2. The maximum atomic E-state index is 5.63. The fourth-order valence-corrected chi connectivity index (χ4v) is 2.47. The van der Waals surface area contributed by atoms with Crippen LogP contribution in [0.1, 0.15) is 11.8 Å². The molecule has 120 valence electrons. The summed E-state index contributed by atoms with van der Waals surface area (Å²) in [6, 6.07) is 5.39. The van der Waals surface area contributed by atoms with Gasteiger partial charge >= 0.3 is 0 Å². The van der Waals surface area contributed by atoms with Crippen LogP contribution in [0.25, 0.3) is 11.5 Å². The molecule has 0 saturated heterocycles. The SMILES string of the molecule is COc1ccc(-c2nnc(SCc3nnc(C)o3)o2)cc1OC. The van der Waals surface area contributed by atoms with Crippen LogP contribution in [0.2, 0.25) is 0 Å². The molecule has 0 spiro atoms. The third kappa shape index (κ3) is 3.45. The van der Waals surface area contributed by atoms with Crippen LogP contribution in [0.3, 0.4) is 0 Å². The van der Waals surface area contributed by atoms with Gasteiger partial charge in [0.15, 0.2) is 11.5 Å². The van der Waals surface area contributed by atoms with Crippen molar-refractivity contribution in [1.29, 1.82) is 0 Å². The Balaban J connectivity index is 1.73. The summed E-state index contributed by atoms with van der Waals surface area (Å²) in [7, 11) is 3.15. The first-order chi connectivity index (χ1) is 11.2. The lowest BCUT2D eigenvalue weighted by Gasteiger charge is -2.07. The highest BCUT2D eigenvalue weighted by atomic mass is 32.2. The Kier molecular flexibility index (Phi) is 4.47. The second-order valence-electron chi connectivity index (χ2n) is 4.45. The van der Waals surface area contributed by atoms with Crippen LogP contribution in [0, 0.1) is 6.92 Å². The molecule has 1 aromatic carbocycles. The molecule has 0 aliphatic rings. The molecule has 2 heterocycles. The van der Waals surface area contributed by atoms with Crippen LogP contribution in [0.5, 0.6) is 11.5 Å². The average molecular weight is 334 g/mol. The first-order valence-corrected chi connectivity index (χ1v) is 7.66. The number of rotatable bonds is 6. The van der Waals surface area contributed by atoms with Gasteiger partial charge in [0.25, 0.3) is 5.22 Å². The van der Waals surface area contributed by atoms with E-state index in [1.54, 1.807) is 33.3 Å². The summed E-state index contributed by atoms with van der Waals surface area (Å²) in [5.74, 6) is 3.13. The standard InChI is InChI=1S/C14H14N4O4S/c1-8-15-16-12(21-8)7-23-14-18-17-13(22-14)9-4-5-10(19-2)11(6-9)20-3/h4-6H,7H2,1-3H3. The van der Waals surface area contributed by atoms with Crippen molar-refractivity contribution in [2.75, 3.05) is 14.2 Å². The van der Waals surface area contributed by atoms with Crippen LogP contribution in [-0.4, -0.2) is 34.6 Å². The Morgan fingerprint density at radius 2 is 1.83 bits per heavy atom. The summed E-state index contributed by atoms with van der Waals surface area (Å²) in [4.78, 5) is 0. The minimum atomic E-state index is 0.398. The number of ether oxygens (including phenoxy) is 2. The maximum Gasteiger partial charge on any atom is 0.277 e. The number of aromatic nitrogens is 4. The third-order valence-electron chi connectivity index (χ3n) is 2.92. The van der Waals surface area contributed by atoms with Gasteiger partial charge in [-0.05, 0) is 18.2 Å². The Bertz CT molecular complexity index is 802. The van der Waals surface area contributed by atoms with Crippen molar-refractivity contribution in [2.45, 2.75) is 17.9 Å². The molecule has 0 radical (unpaired) electrons. The van der Waals surface area contributed by atoms with Gasteiger partial charge in [0.05, 0.1) is 20.0 Å². The largest absolute Gasteiger partial charge is 0.493 e. The summed E-state index contributed by atoms with van der Waals surface area (Å²) in [5, 5.41) is 16.1. The van der Waals surface area contributed by atoms with Crippen LogP contribution in [0.15, 0.2) is 32.3 Å². The van der Waals surface area contributed by atoms with E-state index in [0.717, 1.165) is 5.56 Å². The van der Waals surface area contributed by atoms with Gasteiger partial charge in [-0.15, -0.1) is 20.4 Å². The number of thioether (sulfide) groups is 1. The number of benzene rings is 1. The highest BCUT2D eigenvalue weighted by molar-refractivity contribution is 7.98. The van der Waals surface area contributed by atoms with Gasteiger partial charge in [0, 0.05) is 12.5 Å². The lowest BCUT2D eigenvalue weighted by atomic mass is 10.2. The molecule has 0 fully saturated rings. The predicted molar refractivity (Wildman–Crippen MR) is 81.4 cm³/mol. The van der Waals surface area contributed by atoms with Crippen molar-refractivity contribution in [3.63, 3.8) is 0 Å². The molecule has 0 saturated carbocycles. The second kappa shape index (κ2) is 6.69. The number of aryl methyl sites for hydroxylation is 1. The van der Waals surface area contributed by atoms with E-state index in [-0.39, 0.29) is 0 Å². The Hall–Kier alpha value is -2.55. The minimum Gasteiger partial charge on any atom is -0.493 e. The molecule has 0 aliphatic heterocycles. The number of nitrogens with zero attached hydrogens (tertiary/aromatic N) is 4. The van der Waals surface area contributed by atoms with Gasteiger partial charge in [0.2, 0.25) is 17.7 Å². The van der Waals surface area contributed by atoms with Crippen LogP contribution in [0.4, 0.5) is 0 Å². The zero-order valence-electron chi connectivity index (χ0n) is 12.8. The Labute approximate surface area is 136 Å². The first kappa shape index (κ1) is 15.3. The van der Waals surface area contributed by atoms with Crippen molar-refractivity contribution in [2.24, 2.45) is 0 Å². The molecular formula is C14H14N4O4S. The predicted octanol–water partition coefficient (Wildman–Crippen LogP) is 2.74. The molecule has 0 N–H and O–H groups in total. The van der Waals surface area contributed by atoms with Crippen molar-refractivity contribution in [3.8, 4) is 23.0 Å². The molecule has 3 rings (SSSR count). The summed E-state index contributed by atoms with van der Waals surface area (Å²) >= 11 is 1.33. The van der Waals surface area contributed by atoms with E-state index < -0.39 is 0 Å². The second-order valence-corrected chi connectivity index (χ2v) is 5.37. The van der Waals surface area contributed by atoms with E-state index in [2.05, 4.69) is 20.4 Å². The quantitative estimate of drug-likeness (QED) is 0.630. The van der Waals surface area contributed by atoms with Gasteiger partial charge < -0.3 is 18.3 Å². The van der Waals surface area contributed by atoms with Crippen LogP contribution < -0.4 is 9.47 Å². The first-order valence-electron chi connectivity index (χ1n) is 6.67. The number of methoxy groups -OCH3 is 2. The molecule has 0 unspecified atom stereocenters. The van der Waals surface area contributed by atoms with Gasteiger partial charge in [-0.3, -0.25) is 0 Å². The van der Waals surface area contributed by atoms with E-state index in [1.807, 2.05) is 6.07 Å². The van der Waals surface area contributed by atoms with Gasteiger partial charge in [-0.1, -0.05) is 11.8 Å². The molecule has 8 nitrogen and oxygen atoms in total. The third-order valence-corrected chi connectivity index (χ3v) is 3.73. The molecule has 0 aliphatic carbocycles. The Morgan fingerprint density at radius 3 is 2.52 bits per heavy atom. The van der Waals surface area contributed by atoms with E-state index in [9.17, 15) is 0 Å². The molecule has 2 aromatic heterocycles. The smallest absolute Gasteiger partial charge is 0.277 e. The monoisotopic (exact) mass is 334 g/mol. The van der Waals surface area contributed by atoms with Crippen LogP contribution >= 0.6 is 11.8 Å². The normalized spacial score (nSPS) is 10.7. The molecular weight excluding hydrogens is 320 g/mol. The number of hydrogen-bond donors (Lipinski definition) is 0. The highest BCUT2D eigenvalue weighted by Crippen LogP contribution is 2.32. The van der Waals surface area contributed by atoms with Gasteiger partial charge in [-0.25, -0.2) is 0 Å². The molecule has 23 heavy (non-hydrogen) atoms. The van der Waals surface area contributed by atoms with Crippen molar-refractivity contribution in [3.05, 3.63) is 30.0 Å². The molecule has 0 amide bonds. The minimum absolute atomic E-state index is 0.398. The summed E-state index contributed by atoms with van der Waals surface area (Å²) in [6.07, 6.45) is 0. The average Bonchev–Trinajstić information content (AvgIpc) is 3.21. The fraction of sp³-hybridized carbons (Fsp3) is 0.286. The van der Waals surface area contributed by atoms with E-state index in [1.165, 1.54) is 11.8 Å². The van der Waals surface area contributed by atoms with Crippen molar-refractivity contribution in [1.82, 2.24) is 20.4 Å². The molecule has 9 heteroatoms. The fourth-order valence-electron chi connectivity index (χ4n) is 1.87. The lowest BCUT2D eigenvalue weighted by Crippen LogP contribution is -1.90. The highest BCUT2D eigenvalue weighted by Gasteiger charge is 2.13. The van der Waals surface area contributed by atoms with E-state index >= 15 is 0 Å². The maximum absolute atomic E-state index is 5.63. The van der Waals surface area contributed by atoms with E-state index in [0.29, 0.717) is 40.1 Å². The molecule has 3 aromatic rings. The summed E-state index contributed by atoms with van der Waals surface area (Å²) in [5.41, 5.74) is 0.746. The Morgan fingerprint density at radius 1 is 1.00 bits per heavy atom. The van der Waals surface area contributed by atoms with E-state index in [4.69, 9.17) is 18.3 Å². The summed E-state index contributed by atoms with van der Waals surface area (Å²) < 4.78 is 21.4. The van der Waals surface area contributed by atoms with Crippen molar-refractivity contribution < 1.29 is 18.3 Å². The lowest BCUT2D eigenvalue weighted by molar-refractivity contribution is 0.355. The van der Waals surface area contributed by atoms with Crippen molar-refractivity contribution >= 4 is 11.8 Å². The zero-order valence-corrected chi connectivity index (χ0v) is 13.6. The van der Waals surface area contributed by atoms with Crippen LogP contribution in [-0.2, 0) is 5.75 Å². The van der Waals surface area contributed by atoms with Gasteiger partial charge in [0.1, 0.15) is 0 Å². The topological polar surface area (TPSA) is 96.3 Å².